The van der Waals surface area contributed by atoms with Crippen molar-refractivity contribution in [2.45, 2.75) is 84.7 Å². The van der Waals surface area contributed by atoms with Gasteiger partial charge in [0, 0.05) is 5.92 Å². The van der Waals surface area contributed by atoms with Crippen LogP contribution in [0.5, 0.6) is 0 Å². The van der Waals surface area contributed by atoms with Gasteiger partial charge in [-0.05, 0) is 99.2 Å². The van der Waals surface area contributed by atoms with Crippen LogP contribution < -0.4 is 0 Å². The van der Waals surface area contributed by atoms with Crippen molar-refractivity contribution in [3.8, 4) is 0 Å². The molecule has 0 spiro atoms. The molecule has 0 aromatic heterocycles. The predicted octanol–water partition coefficient (Wildman–Crippen LogP) is 5.57. The minimum Gasteiger partial charge on any atom is -0.300 e. The highest BCUT2D eigenvalue weighted by molar-refractivity contribution is 5.79. The highest BCUT2D eigenvalue weighted by Crippen LogP contribution is 2.67. The number of carbonyl (C=O) groups is 1. The maximum absolute atomic E-state index is 13.9. The van der Waals surface area contributed by atoms with Crippen LogP contribution in [0.3, 0.4) is 0 Å². The SMILES string of the molecule is CC(=O)[C@H]1CC[C@H]2[C@@H]3CC[C@H]4C[C@@H](F)CC[C@]4(C)[C@H]3CC[C@]12C. The van der Waals surface area contributed by atoms with Crippen molar-refractivity contribution in [3.63, 3.8) is 0 Å². The lowest BCUT2D eigenvalue weighted by Gasteiger charge is -2.60. The van der Waals surface area contributed by atoms with E-state index in [0.29, 0.717) is 23.0 Å². The van der Waals surface area contributed by atoms with Crippen LogP contribution in [-0.2, 0) is 4.79 Å². The Balaban J connectivity index is 1.61. The van der Waals surface area contributed by atoms with E-state index in [1.807, 2.05) is 6.92 Å². The molecule has 0 radical (unpaired) electrons. The van der Waals surface area contributed by atoms with E-state index in [0.717, 1.165) is 43.4 Å². The number of rotatable bonds is 1. The quantitative estimate of drug-likeness (QED) is 0.617. The molecule has 4 fully saturated rings. The lowest BCUT2D eigenvalue weighted by Crippen LogP contribution is -2.54. The second kappa shape index (κ2) is 5.30. The average Bonchev–Trinajstić information content (AvgIpc) is 2.85. The molecule has 0 amide bonds. The molecule has 8 atom stereocenters. The van der Waals surface area contributed by atoms with Crippen molar-refractivity contribution in [2.24, 2.45) is 40.4 Å². The zero-order valence-corrected chi connectivity index (χ0v) is 15.1. The third-order valence-corrected chi connectivity index (χ3v) is 9.09. The summed E-state index contributed by atoms with van der Waals surface area (Å²) in [5.74, 6) is 3.68. The van der Waals surface area contributed by atoms with E-state index < -0.39 is 6.17 Å². The maximum Gasteiger partial charge on any atom is 0.133 e. The molecule has 4 aliphatic carbocycles. The van der Waals surface area contributed by atoms with Gasteiger partial charge in [-0.1, -0.05) is 13.8 Å². The molecule has 0 aliphatic heterocycles. The Kier molecular flexibility index (Phi) is 3.71. The van der Waals surface area contributed by atoms with Crippen LogP contribution in [-0.4, -0.2) is 12.0 Å². The summed E-state index contributed by atoms with van der Waals surface area (Å²) in [6.45, 7) is 6.71. The van der Waals surface area contributed by atoms with Crippen LogP contribution in [0, 0.1) is 40.4 Å². The Morgan fingerprint density at radius 3 is 2.35 bits per heavy atom. The fourth-order valence-corrected chi connectivity index (χ4v) is 7.87. The van der Waals surface area contributed by atoms with E-state index in [-0.39, 0.29) is 5.41 Å². The van der Waals surface area contributed by atoms with Gasteiger partial charge >= 0.3 is 0 Å². The number of alkyl halides is 1. The number of ketones is 1. The Morgan fingerprint density at radius 2 is 1.61 bits per heavy atom. The van der Waals surface area contributed by atoms with Gasteiger partial charge in [-0.25, -0.2) is 4.39 Å². The highest BCUT2D eigenvalue weighted by Gasteiger charge is 2.60. The molecule has 1 nitrogen and oxygen atoms in total. The molecule has 2 heteroatoms. The molecule has 4 rings (SSSR count). The van der Waals surface area contributed by atoms with Crippen LogP contribution in [0.4, 0.5) is 4.39 Å². The number of hydrogen-bond donors (Lipinski definition) is 0. The van der Waals surface area contributed by atoms with Crippen molar-refractivity contribution < 1.29 is 9.18 Å². The number of Topliss-reactive ketones (excluding diaryl/α,β-unsaturated/α-hetero) is 1. The molecule has 0 aromatic rings. The van der Waals surface area contributed by atoms with E-state index in [9.17, 15) is 9.18 Å². The van der Waals surface area contributed by atoms with Gasteiger partial charge in [0.05, 0.1) is 0 Å². The lowest BCUT2D eigenvalue weighted by molar-refractivity contribution is -0.135. The van der Waals surface area contributed by atoms with Crippen molar-refractivity contribution in [2.75, 3.05) is 0 Å². The second-order valence-corrected chi connectivity index (χ2v) is 9.81. The molecule has 0 unspecified atom stereocenters. The predicted molar refractivity (Wildman–Crippen MR) is 90.8 cm³/mol. The molecular weight excluding hydrogens is 287 g/mol. The largest absolute Gasteiger partial charge is 0.300 e. The van der Waals surface area contributed by atoms with Crippen LogP contribution >= 0.6 is 0 Å². The topological polar surface area (TPSA) is 17.1 Å². The zero-order valence-electron chi connectivity index (χ0n) is 15.1. The minimum atomic E-state index is -0.549. The van der Waals surface area contributed by atoms with Gasteiger partial charge in [0.1, 0.15) is 12.0 Å². The fraction of sp³-hybridized carbons (Fsp3) is 0.952. The monoisotopic (exact) mass is 320 g/mol. The third kappa shape index (κ3) is 2.19. The van der Waals surface area contributed by atoms with E-state index >= 15 is 0 Å². The number of fused-ring (bicyclic) bond motifs is 5. The minimum absolute atomic E-state index is 0.257. The molecule has 23 heavy (non-hydrogen) atoms. The molecule has 4 aliphatic rings. The highest BCUT2D eigenvalue weighted by atomic mass is 19.1. The molecule has 0 bridgehead atoms. The summed E-state index contributed by atoms with van der Waals surface area (Å²) in [4.78, 5) is 12.2. The van der Waals surface area contributed by atoms with Gasteiger partial charge < -0.3 is 0 Å². The van der Waals surface area contributed by atoms with Crippen molar-refractivity contribution in [1.82, 2.24) is 0 Å². The molecule has 0 heterocycles. The van der Waals surface area contributed by atoms with Gasteiger partial charge in [-0.15, -0.1) is 0 Å². The smallest absolute Gasteiger partial charge is 0.133 e. The molecule has 0 N–H and O–H groups in total. The van der Waals surface area contributed by atoms with Crippen LogP contribution in [0.25, 0.3) is 0 Å². The Labute approximate surface area is 140 Å². The summed E-state index contributed by atoms with van der Waals surface area (Å²) in [6, 6.07) is 0. The van der Waals surface area contributed by atoms with Gasteiger partial charge in [0.2, 0.25) is 0 Å². The first kappa shape index (κ1) is 16.1. The molecular formula is C21H33FO. The fourth-order valence-electron chi connectivity index (χ4n) is 7.87. The van der Waals surface area contributed by atoms with E-state index in [1.165, 1.54) is 32.1 Å². The lowest BCUT2D eigenvalue weighted by atomic mass is 9.44. The van der Waals surface area contributed by atoms with Gasteiger partial charge in [0.15, 0.2) is 0 Å². The normalized spacial score (nSPS) is 55.7. The number of halogens is 1. The average molecular weight is 320 g/mol. The summed E-state index contributed by atoms with van der Waals surface area (Å²) >= 11 is 0. The van der Waals surface area contributed by atoms with Crippen LogP contribution in [0.1, 0.15) is 78.6 Å². The van der Waals surface area contributed by atoms with Crippen molar-refractivity contribution >= 4 is 5.78 Å². The number of hydrogen-bond acceptors (Lipinski definition) is 1. The Morgan fingerprint density at radius 1 is 0.913 bits per heavy atom. The zero-order chi connectivity index (χ0) is 16.4. The standard InChI is InChI=1S/C21H33FO/c1-13(23)17-6-7-18-16-5-4-14-12-15(22)8-10-20(14,2)19(16)9-11-21(17,18)3/h14-19H,4-12H2,1-3H3/t14-,15-,16-,17+,18-,19-,20-,21+/m0/s1. The van der Waals surface area contributed by atoms with E-state index in [1.54, 1.807) is 0 Å². The summed E-state index contributed by atoms with van der Waals surface area (Å²) in [5, 5.41) is 0. The van der Waals surface area contributed by atoms with Gasteiger partial charge in [-0.3, -0.25) is 4.79 Å². The first-order valence-electron chi connectivity index (χ1n) is 10.0. The van der Waals surface area contributed by atoms with E-state index in [2.05, 4.69) is 13.8 Å². The Bertz CT molecular complexity index is 502. The first-order valence-corrected chi connectivity index (χ1v) is 10.0. The summed E-state index contributed by atoms with van der Waals surface area (Å²) in [5.41, 5.74) is 0.634. The molecule has 4 saturated carbocycles. The molecule has 130 valence electrons. The van der Waals surface area contributed by atoms with Gasteiger partial charge in [-0.2, -0.15) is 0 Å². The summed E-state index contributed by atoms with van der Waals surface area (Å²) in [6.07, 6.45) is 9.56. The number of carbonyl (C=O) groups excluding carboxylic acids is 1. The second-order valence-electron chi connectivity index (χ2n) is 9.81. The van der Waals surface area contributed by atoms with Crippen LogP contribution in [0.15, 0.2) is 0 Å². The Hall–Kier alpha value is -0.400. The van der Waals surface area contributed by atoms with Crippen molar-refractivity contribution in [1.29, 1.82) is 0 Å². The van der Waals surface area contributed by atoms with E-state index in [4.69, 9.17) is 0 Å². The van der Waals surface area contributed by atoms with Gasteiger partial charge in [0.25, 0.3) is 0 Å². The third-order valence-electron chi connectivity index (χ3n) is 9.09. The maximum atomic E-state index is 13.9. The molecule has 0 aromatic carbocycles. The first-order chi connectivity index (χ1) is 10.9. The summed E-state index contributed by atoms with van der Waals surface area (Å²) in [7, 11) is 0. The summed E-state index contributed by atoms with van der Waals surface area (Å²) < 4.78 is 13.9. The molecule has 0 saturated heterocycles. The van der Waals surface area contributed by atoms with Crippen molar-refractivity contribution in [3.05, 3.63) is 0 Å². The van der Waals surface area contributed by atoms with Crippen LogP contribution in [0.2, 0.25) is 0 Å².